The molecule has 170 valence electrons. The Bertz CT molecular complexity index is 1360. The highest BCUT2D eigenvalue weighted by Gasteiger charge is 2.26. The second-order valence-electron chi connectivity index (χ2n) is 7.20. The minimum Gasteiger partial charge on any atom is -0.495 e. The van der Waals surface area contributed by atoms with Gasteiger partial charge in [-0.05, 0) is 35.2 Å². The summed E-state index contributed by atoms with van der Waals surface area (Å²) in [5, 5.41) is 9.09. The Morgan fingerprint density at radius 3 is 2.58 bits per heavy atom. The lowest BCUT2D eigenvalue weighted by Crippen LogP contribution is -2.14. The Morgan fingerprint density at radius 1 is 1.12 bits per heavy atom. The number of carbonyl (C=O) groups is 1. The number of carbonyl (C=O) groups excluding carboxylic acids is 1. The summed E-state index contributed by atoms with van der Waals surface area (Å²) in [4.78, 5) is 12.2. The van der Waals surface area contributed by atoms with Crippen LogP contribution in [0.1, 0.15) is 12.5 Å². The van der Waals surface area contributed by atoms with E-state index in [1.54, 1.807) is 16.8 Å². The van der Waals surface area contributed by atoms with E-state index in [-0.39, 0.29) is 16.5 Å². The van der Waals surface area contributed by atoms with Crippen LogP contribution < -0.4 is 14.8 Å². The average Bonchev–Trinajstić information content (AvgIpc) is 3.44. The number of rotatable bonds is 8. The summed E-state index contributed by atoms with van der Waals surface area (Å²) >= 11 is 1.41. The van der Waals surface area contributed by atoms with Crippen molar-refractivity contribution in [2.24, 2.45) is 0 Å². The van der Waals surface area contributed by atoms with Crippen LogP contribution in [0.3, 0.4) is 0 Å². The molecule has 0 aliphatic rings. The van der Waals surface area contributed by atoms with Crippen molar-refractivity contribution in [1.29, 1.82) is 0 Å². The first-order valence-electron chi connectivity index (χ1n) is 9.99. The van der Waals surface area contributed by atoms with Gasteiger partial charge in [0.15, 0.2) is 0 Å². The molecule has 4 rings (SSSR count). The highest BCUT2D eigenvalue weighted by atomic mass is 32.2. The van der Waals surface area contributed by atoms with E-state index >= 15 is 0 Å². The standard InChI is InChI=1S/C23H22N4O4S2/c1-16(28)24-18-10-11-20(31-2)19(13-18)26-33(29,30)22-15-27(14-17-7-4-3-5-8-17)25-23(22)21-9-6-12-32-21/h3-13,15,26H,14H2,1-2H3,(H,24,28). The van der Waals surface area contributed by atoms with Gasteiger partial charge in [-0.1, -0.05) is 36.4 Å². The molecule has 10 heteroatoms. The van der Waals surface area contributed by atoms with Crippen molar-refractivity contribution in [2.75, 3.05) is 17.1 Å². The molecule has 0 saturated carbocycles. The van der Waals surface area contributed by atoms with Crippen molar-refractivity contribution < 1.29 is 17.9 Å². The summed E-state index contributed by atoms with van der Waals surface area (Å²) < 4.78 is 36.5. The summed E-state index contributed by atoms with van der Waals surface area (Å²) in [7, 11) is -2.59. The second-order valence-corrected chi connectivity index (χ2v) is 9.80. The molecule has 2 heterocycles. The van der Waals surface area contributed by atoms with E-state index in [1.807, 2.05) is 47.8 Å². The van der Waals surface area contributed by atoms with Crippen LogP contribution in [0.25, 0.3) is 10.6 Å². The maximum absolute atomic E-state index is 13.5. The van der Waals surface area contributed by atoms with E-state index < -0.39 is 10.0 Å². The minimum atomic E-state index is -4.04. The average molecular weight is 483 g/mol. The van der Waals surface area contributed by atoms with Crippen LogP contribution in [-0.2, 0) is 21.4 Å². The number of hydrogen-bond donors (Lipinski definition) is 2. The summed E-state index contributed by atoms with van der Waals surface area (Å²) in [6, 6.07) is 18.1. The second kappa shape index (κ2) is 9.47. The molecule has 8 nitrogen and oxygen atoms in total. The first-order chi connectivity index (χ1) is 15.9. The fraction of sp³-hybridized carbons (Fsp3) is 0.130. The number of aromatic nitrogens is 2. The maximum Gasteiger partial charge on any atom is 0.265 e. The van der Waals surface area contributed by atoms with Gasteiger partial charge in [0.05, 0.1) is 24.2 Å². The Labute approximate surface area is 195 Å². The molecule has 0 saturated heterocycles. The molecule has 0 fully saturated rings. The smallest absolute Gasteiger partial charge is 0.265 e. The first-order valence-corrected chi connectivity index (χ1v) is 12.4. The molecule has 0 spiro atoms. The van der Waals surface area contributed by atoms with Crippen molar-refractivity contribution in [2.45, 2.75) is 18.4 Å². The predicted molar refractivity (Wildman–Crippen MR) is 129 cm³/mol. The van der Waals surface area contributed by atoms with Crippen LogP contribution in [0, 0.1) is 0 Å². The molecular weight excluding hydrogens is 460 g/mol. The van der Waals surface area contributed by atoms with Crippen LogP contribution in [0.15, 0.2) is 77.1 Å². The molecule has 0 aliphatic carbocycles. The molecule has 0 bridgehead atoms. The monoisotopic (exact) mass is 482 g/mol. The zero-order valence-electron chi connectivity index (χ0n) is 18.0. The van der Waals surface area contributed by atoms with Crippen molar-refractivity contribution >= 4 is 38.6 Å². The molecule has 33 heavy (non-hydrogen) atoms. The molecule has 0 radical (unpaired) electrons. The van der Waals surface area contributed by atoms with Crippen molar-refractivity contribution in [3.63, 3.8) is 0 Å². The number of anilines is 2. The van der Waals surface area contributed by atoms with Gasteiger partial charge >= 0.3 is 0 Å². The molecule has 2 N–H and O–H groups in total. The van der Waals surface area contributed by atoms with E-state index in [2.05, 4.69) is 15.1 Å². The van der Waals surface area contributed by atoms with Gasteiger partial charge in [0.1, 0.15) is 16.3 Å². The molecule has 0 aliphatic heterocycles. The number of hydrogen-bond acceptors (Lipinski definition) is 6. The minimum absolute atomic E-state index is 0.0489. The van der Waals surface area contributed by atoms with Gasteiger partial charge in [0.25, 0.3) is 10.0 Å². The summed E-state index contributed by atoms with van der Waals surface area (Å²) in [5.74, 6) is 0.0539. The lowest BCUT2D eigenvalue weighted by Gasteiger charge is -2.13. The zero-order chi connectivity index (χ0) is 23.4. The molecule has 4 aromatic rings. The number of methoxy groups -OCH3 is 1. The topological polar surface area (TPSA) is 102 Å². The first kappa shape index (κ1) is 22.6. The Hall–Kier alpha value is -3.63. The number of nitrogens with one attached hydrogen (secondary N) is 2. The van der Waals surface area contributed by atoms with Crippen LogP contribution in [0.5, 0.6) is 5.75 Å². The highest BCUT2D eigenvalue weighted by Crippen LogP contribution is 2.34. The molecule has 1 amide bonds. The van der Waals surface area contributed by atoms with Gasteiger partial charge in [0.2, 0.25) is 5.91 Å². The van der Waals surface area contributed by atoms with Crippen LogP contribution in [0.4, 0.5) is 11.4 Å². The Kier molecular flexibility index (Phi) is 6.47. The summed E-state index contributed by atoms with van der Waals surface area (Å²) in [5.41, 5.74) is 2.01. The lowest BCUT2D eigenvalue weighted by molar-refractivity contribution is -0.114. The van der Waals surface area contributed by atoms with Crippen LogP contribution in [-0.4, -0.2) is 31.2 Å². The highest BCUT2D eigenvalue weighted by molar-refractivity contribution is 7.92. The number of thiophene rings is 1. The quantitative estimate of drug-likeness (QED) is 0.387. The number of benzene rings is 2. The third-order valence-electron chi connectivity index (χ3n) is 4.72. The number of ether oxygens (including phenoxy) is 1. The van der Waals surface area contributed by atoms with Gasteiger partial charge < -0.3 is 10.1 Å². The van der Waals surface area contributed by atoms with Crippen molar-refractivity contribution in [3.05, 3.63) is 77.8 Å². The number of amides is 1. The van der Waals surface area contributed by atoms with Gasteiger partial charge in [-0.2, -0.15) is 5.10 Å². The maximum atomic E-state index is 13.5. The molecule has 2 aromatic heterocycles. The fourth-order valence-electron chi connectivity index (χ4n) is 3.30. The van der Waals surface area contributed by atoms with E-state index in [9.17, 15) is 13.2 Å². The van der Waals surface area contributed by atoms with Crippen LogP contribution in [0.2, 0.25) is 0 Å². The Balaban J connectivity index is 1.73. The van der Waals surface area contributed by atoms with E-state index in [0.717, 1.165) is 10.4 Å². The van der Waals surface area contributed by atoms with Crippen molar-refractivity contribution in [3.8, 4) is 16.3 Å². The van der Waals surface area contributed by atoms with E-state index in [1.165, 1.54) is 37.6 Å². The Morgan fingerprint density at radius 2 is 1.91 bits per heavy atom. The zero-order valence-corrected chi connectivity index (χ0v) is 19.6. The fourth-order valence-corrected chi connectivity index (χ4v) is 5.32. The lowest BCUT2D eigenvalue weighted by atomic mass is 10.2. The predicted octanol–water partition coefficient (Wildman–Crippen LogP) is 4.43. The molecule has 2 aromatic carbocycles. The number of sulfonamides is 1. The van der Waals surface area contributed by atoms with Crippen molar-refractivity contribution in [1.82, 2.24) is 9.78 Å². The van der Waals surface area contributed by atoms with Gasteiger partial charge in [0, 0.05) is 18.8 Å². The van der Waals surface area contributed by atoms with Gasteiger partial charge in [-0.3, -0.25) is 14.2 Å². The van der Waals surface area contributed by atoms with Gasteiger partial charge in [-0.25, -0.2) is 8.42 Å². The largest absolute Gasteiger partial charge is 0.495 e. The third kappa shape index (κ3) is 5.24. The number of nitrogens with zero attached hydrogens (tertiary/aromatic N) is 2. The third-order valence-corrected chi connectivity index (χ3v) is 6.97. The molecular formula is C23H22N4O4S2. The molecule has 0 atom stereocenters. The molecule has 0 unspecified atom stereocenters. The van der Waals surface area contributed by atoms with Crippen LogP contribution >= 0.6 is 11.3 Å². The van der Waals surface area contributed by atoms with E-state index in [0.29, 0.717) is 23.7 Å². The van der Waals surface area contributed by atoms with Gasteiger partial charge in [-0.15, -0.1) is 11.3 Å². The normalized spacial score (nSPS) is 11.2. The SMILES string of the molecule is COc1ccc(NC(C)=O)cc1NS(=O)(=O)c1cn(Cc2ccccc2)nc1-c1cccs1. The summed E-state index contributed by atoms with van der Waals surface area (Å²) in [6.45, 7) is 1.80. The summed E-state index contributed by atoms with van der Waals surface area (Å²) in [6.07, 6.45) is 1.52. The van der Waals surface area contributed by atoms with E-state index in [4.69, 9.17) is 4.74 Å².